The first-order valence-electron chi connectivity index (χ1n) is 12.7. The Labute approximate surface area is 214 Å². The molecule has 0 bridgehead atoms. The third-order valence-corrected chi connectivity index (χ3v) is 7.41. The summed E-state index contributed by atoms with van der Waals surface area (Å²) >= 11 is 6.71. The third-order valence-electron chi connectivity index (χ3n) is 7.19. The van der Waals surface area contributed by atoms with Crippen molar-refractivity contribution < 1.29 is 0 Å². The fourth-order valence-corrected chi connectivity index (χ4v) is 5.29. The topological polar surface area (TPSA) is 15.3 Å². The summed E-state index contributed by atoms with van der Waals surface area (Å²) < 4.78 is 0. The van der Waals surface area contributed by atoms with Crippen LogP contribution >= 0.6 is 11.6 Å². The highest BCUT2D eigenvalue weighted by molar-refractivity contribution is 6.22. The molecular formula is C31H45ClN2. The van der Waals surface area contributed by atoms with Gasteiger partial charge in [0.2, 0.25) is 0 Å². The number of alkyl halides is 1. The van der Waals surface area contributed by atoms with Gasteiger partial charge >= 0.3 is 0 Å². The van der Waals surface area contributed by atoms with E-state index in [4.69, 9.17) is 11.6 Å². The Morgan fingerprint density at radius 1 is 1.15 bits per heavy atom. The van der Waals surface area contributed by atoms with Gasteiger partial charge in [-0.1, -0.05) is 63.4 Å². The van der Waals surface area contributed by atoms with Gasteiger partial charge in [0, 0.05) is 30.5 Å². The maximum absolute atomic E-state index is 6.71. The number of allylic oxidation sites excluding steroid dienone is 3. The van der Waals surface area contributed by atoms with E-state index in [1.165, 1.54) is 33.5 Å². The zero-order valence-corrected chi connectivity index (χ0v) is 23.1. The molecule has 2 unspecified atom stereocenters. The molecule has 1 aromatic carbocycles. The number of aryl methyl sites for hydroxylation is 2. The highest BCUT2D eigenvalue weighted by Crippen LogP contribution is 2.34. The smallest absolute Gasteiger partial charge is 0.0579 e. The van der Waals surface area contributed by atoms with Crippen LogP contribution in [0.2, 0.25) is 0 Å². The zero-order chi connectivity index (χ0) is 25.4. The summed E-state index contributed by atoms with van der Waals surface area (Å²) in [5.41, 5.74) is 11.4. The summed E-state index contributed by atoms with van der Waals surface area (Å²) in [6.45, 7) is 27.8. The van der Waals surface area contributed by atoms with Gasteiger partial charge in [-0.2, -0.15) is 0 Å². The van der Waals surface area contributed by atoms with Gasteiger partial charge in [0.05, 0.1) is 5.38 Å². The Morgan fingerprint density at radius 3 is 2.38 bits per heavy atom. The predicted octanol–water partition coefficient (Wildman–Crippen LogP) is 8.26. The molecule has 0 aromatic heterocycles. The van der Waals surface area contributed by atoms with Crippen molar-refractivity contribution in [1.29, 1.82) is 0 Å². The SMILES string of the molecule is C=C(NC(CC)C(=C)C)/C(=C(\C)C1=C(CC)CN(C(=C)CCc2ccccc2C)CC1)C(C)Cl. The minimum absolute atomic E-state index is 0.115. The summed E-state index contributed by atoms with van der Waals surface area (Å²) in [7, 11) is 0. The minimum atomic E-state index is -0.115. The number of nitrogens with one attached hydrogen (secondary N) is 1. The maximum Gasteiger partial charge on any atom is 0.0579 e. The van der Waals surface area contributed by atoms with Crippen molar-refractivity contribution in [2.24, 2.45) is 0 Å². The second kappa shape index (κ2) is 13.0. The van der Waals surface area contributed by atoms with Crippen LogP contribution in [0.5, 0.6) is 0 Å². The standard InChI is InChI=1S/C31H45ClN2/c1-10-27-20-34(23(6)16-17-28-15-13-12-14-22(28)5)19-18-29(27)24(7)31(25(8)32)26(9)33-30(11-2)21(3)4/h12-15,25,30,33H,3,6,9-11,16-20H2,1-2,4-5,7-8H3/b31-24+. The average molecular weight is 481 g/mol. The number of hydrogen-bond acceptors (Lipinski definition) is 2. The minimum Gasteiger partial charge on any atom is -0.379 e. The predicted molar refractivity (Wildman–Crippen MR) is 151 cm³/mol. The molecule has 1 aromatic rings. The fourth-order valence-electron chi connectivity index (χ4n) is 4.99. The lowest BCUT2D eigenvalue weighted by Crippen LogP contribution is -2.33. The van der Waals surface area contributed by atoms with Gasteiger partial charge in [0.15, 0.2) is 0 Å². The lowest BCUT2D eigenvalue weighted by Gasteiger charge is -2.35. The molecule has 3 heteroatoms. The first kappa shape index (κ1) is 28.1. The molecule has 2 rings (SSSR count). The van der Waals surface area contributed by atoms with E-state index in [1.54, 1.807) is 0 Å². The first-order valence-corrected chi connectivity index (χ1v) is 13.2. The molecule has 2 nitrogen and oxygen atoms in total. The summed E-state index contributed by atoms with van der Waals surface area (Å²) in [5, 5.41) is 3.47. The quantitative estimate of drug-likeness (QED) is 0.184. The van der Waals surface area contributed by atoms with Crippen molar-refractivity contribution in [3.8, 4) is 0 Å². The van der Waals surface area contributed by atoms with E-state index in [9.17, 15) is 0 Å². The van der Waals surface area contributed by atoms with Crippen molar-refractivity contribution in [2.75, 3.05) is 13.1 Å². The van der Waals surface area contributed by atoms with Crippen LogP contribution in [0.1, 0.15) is 71.4 Å². The summed E-state index contributed by atoms with van der Waals surface area (Å²) in [5.74, 6) is 0. The molecule has 186 valence electrons. The van der Waals surface area contributed by atoms with Gasteiger partial charge in [-0.25, -0.2) is 0 Å². The van der Waals surface area contributed by atoms with E-state index in [-0.39, 0.29) is 11.4 Å². The summed E-state index contributed by atoms with van der Waals surface area (Å²) in [6, 6.07) is 8.87. The van der Waals surface area contributed by atoms with Gasteiger partial charge < -0.3 is 10.2 Å². The fraction of sp³-hybridized carbons (Fsp3) is 0.484. The lowest BCUT2D eigenvalue weighted by atomic mass is 9.87. The summed E-state index contributed by atoms with van der Waals surface area (Å²) in [6.07, 6.45) is 5.05. The molecule has 0 spiro atoms. The molecule has 1 aliphatic rings. The van der Waals surface area contributed by atoms with Crippen molar-refractivity contribution in [1.82, 2.24) is 10.2 Å². The van der Waals surface area contributed by atoms with E-state index in [0.717, 1.165) is 62.0 Å². The van der Waals surface area contributed by atoms with Crippen molar-refractivity contribution in [3.63, 3.8) is 0 Å². The Bertz CT molecular complexity index is 963. The number of hydrogen-bond donors (Lipinski definition) is 1. The molecule has 1 heterocycles. The van der Waals surface area contributed by atoms with Gasteiger partial charge in [-0.05, 0) is 93.2 Å². The number of nitrogens with zero attached hydrogens (tertiary/aromatic N) is 1. The highest BCUT2D eigenvalue weighted by atomic mass is 35.5. The second-order valence-corrected chi connectivity index (χ2v) is 10.3. The average Bonchev–Trinajstić information content (AvgIpc) is 2.80. The Morgan fingerprint density at radius 2 is 1.82 bits per heavy atom. The number of halogens is 1. The van der Waals surface area contributed by atoms with Crippen LogP contribution in [0, 0.1) is 6.92 Å². The monoisotopic (exact) mass is 480 g/mol. The van der Waals surface area contributed by atoms with E-state index >= 15 is 0 Å². The number of benzene rings is 1. The lowest BCUT2D eigenvalue weighted by molar-refractivity contribution is 0.343. The molecular weight excluding hydrogens is 436 g/mol. The first-order chi connectivity index (χ1) is 16.1. The summed E-state index contributed by atoms with van der Waals surface area (Å²) in [4.78, 5) is 2.47. The molecule has 0 amide bonds. The zero-order valence-electron chi connectivity index (χ0n) is 22.4. The van der Waals surface area contributed by atoms with Gasteiger partial charge in [-0.3, -0.25) is 0 Å². The molecule has 0 saturated heterocycles. The molecule has 0 radical (unpaired) electrons. The molecule has 1 aliphatic heterocycles. The Balaban J connectivity index is 2.21. The van der Waals surface area contributed by atoms with Crippen LogP contribution in [-0.4, -0.2) is 29.4 Å². The van der Waals surface area contributed by atoms with Crippen LogP contribution in [0.3, 0.4) is 0 Å². The van der Waals surface area contributed by atoms with Gasteiger partial charge in [0.1, 0.15) is 0 Å². The Kier molecular flexibility index (Phi) is 10.8. The normalized spacial score (nSPS) is 16.6. The van der Waals surface area contributed by atoms with E-state index in [2.05, 4.69) is 88.8 Å². The highest BCUT2D eigenvalue weighted by Gasteiger charge is 2.24. The molecule has 34 heavy (non-hydrogen) atoms. The maximum atomic E-state index is 6.71. The van der Waals surface area contributed by atoms with Gasteiger partial charge in [-0.15, -0.1) is 11.6 Å². The van der Waals surface area contributed by atoms with Crippen LogP contribution in [-0.2, 0) is 6.42 Å². The molecule has 2 atom stereocenters. The van der Waals surface area contributed by atoms with E-state index in [1.807, 2.05) is 6.92 Å². The molecule has 0 saturated carbocycles. The van der Waals surface area contributed by atoms with Crippen LogP contribution < -0.4 is 5.32 Å². The van der Waals surface area contributed by atoms with E-state index < -0.39 is 0 Å². The van der Waals surface area contributed by atoms with Gasteiger partial charge in [0.25, 0.3) is 0 Å². The molecule has 0 fully saturated rings. The van der Waals surface area contributed by atoms with Crippen LogP contribution in [0.15, 0.2) is 83.3 Å². The largest absolute Gasteiger partial charge is 0.379 e. The van der Waals surface area contributed by atoms with Crippen molar-refractivity contribution in [3.05, 3.63) is 94.4 Å². The third kappa shape index (κ3) is 7.15. The van der Waals surface area contributed by atoms with E-state index in [0.29, 0.717) is 0 Å². The second-order valence-electron chi connectivity index (χ2n) is 9.68. The molecule has 1 N–H and O–H groups in total. The van der Waals surface area contributed by atoms with Crippen molar-refractivity contribution in [2.45, 2.75) is 85.1 Å². The van der Waals surface area contributed by atoms with Crippen LogP contribution in [0.4, 0.5) is 0 Å². The van der Waals surface area contributed by atoms with Crippen molar-refractivity contribution >= 4 is 11.6 Å². The van der Waals surface area contributed by atoms with Crippen LogP contribution in [0.25, 0.3) is 0 Å². The number of rotatable bonds is 12. The molecule has 0 aliphatic carbocycles. The Hall–Kier alpha value is -2.19.